The van der Waals surface area contributed by atoms with E-state index < -0.39 is 4.92 Å². The second-order valence-corrected chi connectivity index (χ2v) is 7.54. The topological polar surface area (TPSA) is 115 Å². The van der Waals surface area contributed by atoms with Crippen LogP contribution in [0.5, 0.6) is 0 Å². The van der Waals surface area contributed by atoms with Gasteiger partial charge in [-0.3, -0.25) is 24.5 Å². The van der Waals surface area contributed by atoms with Gasteiger partial charge in [0, 0.05) is 50.1 Å². The molecule has 0 spiro atoms. The molecule has 9 nitrogen and oxygen atoms in total. The van der Waals surface area contributed by atoms with E-state index in [0.29, 0.717) is 30.8 Å². The number of benzene rings is 1. The summed E-state index contributed by atoms with van der Waals surface area (Å²) in [5, 5.41) is 13.8. The Hall–Kier alpha value is -3.49. The van der Waals surface area contributed by atoms with E-state index in [-0.39, 0.29) is 34.5 Å². The molecule has 1 N–H and O–H groups in total. The summed E-state index contributed by atoms with van der Waals surface area (Å²) in [5.41, 5.74) is 0.657. The minimum atomic E-state index is -0.475. The van der Waals surface area contributed by atoms with Crippen molar-refractivity contribution in [3.63, 3.8) is 0 Å². The lowest BCUT2D eigenvalue weighted by Gasteiger charge is -2.32. The Morgan fingerprint density at radius 3 is 2.57 bits per heavy atom. The van der Waals surface area contributed by atoms with Gasteiger partial charge in [-0.15, -0.1) is 0 Å². The highest BCUT2D eigenvalue weighted by molar-refractivity contribution is 5.95. The number of hydrogen-bond acceptors (Lipinski definition) is 5. The molecule has 0 radical (unpaired) electrons. The molecule has 1 aromatic carbocycles. The van der Waals surface area contributed by atoms with Gasteiger partial charge in [-0.1, -0.05) is 0 Å². The highest BCUT2D eigenvalue weighted by atomic mass is 16.6. The van der Waals surface area contributed by atoms with Crippen molar-refractivity contribution in [2.24, 2.45) is 13.0 Å². The first kappa shape index (κ1) is 21.2. The molecular formula is C21H24N4O5. The zero-order valence-corrected chi connectivity index (χ0v) is 17.0. The van der Waals surface area contributed by atoms with E-state index in [2.05, 4.69) is 5.32 Å². The first-order chi connectivity index (χ1) is 14.3. The molecular weight excluding hydrogens is 388 g/mol. The Bertz CT molecular complexity index is 1040. The van der Waals surface area contributed by atoms with Crippen molar-refractivity contribution in [3.8, 4) is 0 Å². The van der Waals surface area contributed by atoms with Crippen LogP contribution in [0.15, 0.2) is 41.3 Å². The van der Waals surface area contributed by atoms with E-state index in [9.17, 15) is 24.5 Å². The molecule has 1 aromatic heterocycles. The standard InChI is InChI=1S/C21H24N4O5/c1-14-12-16(5-6-18(14)25(29)30)19(26)22-13-15-7-10-24(11-8-15)21(28)17-4-3-9-23(2)20(17)27/h3-6,9,12,15H,7-8,10-11,13H2,1-2H3,(H,22,26). The Labute approximate surface area is 173 Å². The molecule has 0 unspecified atom stereocenters. The maximum Gasteiger partial charge on any atom is 0.272 e. The maximum absolute atomic E-state index is 12.6. The number of likely N-dealkylation sites (tertiary alicyclic amines) is 1. The predicted octanol–water partition coefficient (Wildman–Crippen LogP) is 1.88. The molecule has 158 valence electrons. The summed E-state index contributed by atoms with van der Waals surface area (Å²) in [4.78, 5) is 49.2. The molecule has 0 atom stereocenters. The molecule has 1 aliphatic heterocycles. The number of nitrogens with one attached hydrogen (secondary N) is 1. The van der Waals surface area contributed by atoms with E-state index in [1.165, 1.54) is 22.8 Å². The third-order valence-electron chi connectivity index (χ3n) is 5.46. The largest absolute Gasteiger partial charge is 0.352 e. The van der Waals surface area contributed by atoms with Crippen LogP contribution >= 0.6 is 0 Å². The number of carbonyl (C=O) groups excluding carboxylic acids is 2. The summed E-state index contributed by atoms with van der Waals surface area (Å²) >= 11 is 0. The van der Waals surface area contributed by atoms with E-state index >= 15 is 0 Å². The average Bonchev–Trinajstić information content (AvgIpc) is 2.73. The Morgan fingerprint density at radius 2 is 1.93 bits per heavy atom. The third-order valence-corrected chi connectivity index (χ3v) is 5.46. The van der Waals surface area contributed by atoms with Gasteiger partial charge in [-0.05, 0) is 49.9 Å². The van der Waals surface area contributed by atoms with Crippen LogP contribution in [-0.4, -0.2) is 45.8 Å². The van der Waals surface area contributed by atoms with Crippen molar-refractivity contribution in [2.75, 3.05) is 19.6 Å². The molecule has 2 heterocycles. The fourth-order valence-electron chi connectivity index (χ4n) is 3.61. The van der Waals surface area contributed by atoms with Gasteiger partial charge in [0.15, 0.2) is 0 Å². The van der Waals surface area contributed by atoms with Crippen molar-refractivity contribution in [1.29, 1.82) is 0 Å². The summed E-state index contributed by atoms with van der Waals surface area (Å²) in [7, 11) is 1.61. The van der Waals surface area contributed by atoms with Gasteiger partial charge in [0.05, 0.1) is 4.92 Å². The molecule has 3 rings (SSSR count). The van der Waals surface area contributed by atoms with Gasteiger partial charge < -0.3 is 14.8 Å². The van der Waals surface area contributed by atoms with Crippen LogP contribution < -0.4 is 10.9 Å². The van der Waals surface area contributed by atoms with Crippen molar-refractivity contribution in [2.45, 2.75) is 19.8 Å². The van der Waals surface area contributed by atoms with Crippen LogP contribution in [0, 0.1) is 23.0 Å². The van der Waals surface area contributed by atoms with Gasteiger partial charge in [0.25, 0.3) is 23.1 Å². The van der Waals surface area contributed by atoms with Crippen molar-refractivity contribution in [1.82, 2.24) is 14.8 Å². The number of hydrogen-bond donors (Lipinski definition) is 1. The monoisotopic (exact) mass is 412 g/mol. The molecule has 0 saturated carbocycles. The van der Waals surface area contributed by atoms with Crippen LogP contribution in [0.25, 0.3) is 0 Å². The number of carbonyl (C=O) groups is 2. The summed E-state index contributed by atoms with van der Waals surface area (Å²) in [6.07, 6.45) is 3.05. The second-order valence-electron chi connectivity index (χ2n) is 7.54. The fourth-order valence-corrected chi connectivity index (χ4v) is 3.61. The van der Waals surface area contributed by atoms with Gasteiger partial charge in [0.1, 0.15) is 5.56 Å². The first-order valence-electron chi connectivity index (χ1n) is 9.76. The van der Waals surface area contributed by atoms with Crippen LogP contribution in [0.3, 0.4) is 0 Å². The normalized spacial score (nSPS) is 14.4. The molecule has 30 heavy (non-hydrogen) atoms. The van der Waals surface area contributed by atoms with Gasteiger partial charge in [0.2, 0.25) is 0 Å². The number of piperidine rings is 1. The third kappa shape index (κ3) is 4.56. The lowest BCUT2D eigenvalue weighted by molar-refractivity contribution is -0.385. The van der Waals surface area contributed by atoms with Gasteiger partial charge in [-0.25, -0.2) is 0 Å². The summed E-state index contributed by atoms with van der Waals surface area (Å²) in [6, 6.07) is 7.51. The van der Waals surface area contributed by atoms with Crippen LogP contribution in [0.1, 0.15) is 39.1 Å². The van der Waals surface area contributed by atoms with E-state index in [1.807, 2.05) is 0 Å². The molecule has 0 aliphatic carbocycles. The van der Waals surface area contributed by atoms with E-state index in [0.717, 1.165) is 12.8 Å². The van der Waals surface area contributed by atoms with Crippen molar-refractivity contribution >= 4 is 17.5 Å². The van der Waals surface area contributed by atoms with E-state index in [4.69, 9.17) is 0 Å². The lowest BCUT2D eigenvalue weighted by Crippen LogP contribution is -2.43. The summed E-state index contributed by atoms with van der Waals surface area (Å²) < 4.78 is 1.38. The highest BCUT2D eigenvalue weighted by Gasteiger charge is 2.25. The number of nitrogens with zero attached hydrogens (tertiary/aromatic N) is 3. The quantitative estimate of drug-likeness (QED) is 0.595. The number of pyridine rings is 1. The minimum absolute atomic E-state index is 0.0168. The lowest BCUT2D eigenvalue weighted by atomic mass is 9.96. The van der Waals surface area contributed by atoms with Gasteiger partial charge >= 0.3 is 0 Å². The Balaban J connectivity index is 1.52. The molecule has 9 heteroatoms. The zero-order chi connectivity index (χ0) is 21.8. The number of aromatic nitrogens is 1. The number of rotatable bonds is 5. The number of aryl methyl sites for hydroxylation is 2. The van der Waals surface area contributed by atoms with Gasteiger partial charge in [-0.2, -0.15) is 0 Å². The first-order valence-corrected chi connectivity index (χ1v) is 9.76. The molecule has 2 aromatic rings. The van der Waals surface area contributed by atoms with Crippen LogP contribution in [-0.2, 0) is 7.05 Å². The fraction of sp³-hybridized carbons (Fsp3) is 0.381. The zero-order valence-electron chi connectivity index (χ0n) is 17.0. The Morgan fingerprint density at radius 1 is 1.23 bits per heavy atom. The highest BCUT2D eigenvalue weighted by Crippen LogP contribution is 2.20. The van der Waals surface area contributed by atoms with Crippen LogP contribution in [0.4, 0.5) is 5.69 Å². The average molecular weight is 412 g/mol. The molecule has 2 amide bonds. The maximum atomic E-state index is 12.6. The number of nitro benzene ring substituents is 1. The number of amides is 2. The predicted molar refractivity (Wildman–Crippen MR) is 110 cm³/mol. The Kier molecular flexibility index (Phi) is 6.29. The smallest absolute Gasteiger partial charge is 0.272 e. The molecule has 1 saturated heterocycles. The van der Waals surface area contributed by atoms with Crippen LogP contribution in [0.2, 0.25) is 0 Å². The van der Waals surface area contributed by atoms with Crippen molar-refractivity contribution < 1.29 is 14.5 Å². The number of nitro groups is 1. The van der Waals surface area contributed by atoms with Crippen molar-refractivity contribution in [3.05, 3.63) is 73.7 Å². The summed E-state index contributed by atoms with van der Waals surface area (Å²) in [6.45, 7) is 3.10. The minimum Gasteiger partial charge on any atom is -0.352 e. The molecule has 1 aliphatic rings. The molecule has 1 fully saturated rings. The SMILES string of the molecule is Cc1cc(C(=O)NCC2CCN(C(=O)c3cccn(C)c3=O)CC2)ccc1[N+](=O)[O-]. The van der Waals surface area contributed by atoms with E-state index in [1.54, 1.807) is 37.2 Å². The summed E-state index contributed by atoms with van der Waals surface area (Å²) in [5.74, 6) is -0.324. The molecule has 0 bridgehead atoms. The second kappa shape index (κ2) is 8.89.